The minimum atomic E-state index is -0.147. The largest absolute Gasteiger partial charge is 0.325 e. The van der Waals surface area contributed by atoms with Gasteiger partial charge in [-0.25, -0.2) is 4.98 Å². The molecule has 0 bridgehead atoms. The molecule has 1 amide bonds. The molecule has 0 aliphatic rings. The first-order valence-electron chi connectivity index (χ1n) is 11.3. The summed E-state index contributed by atoms with van der Waals surface area (Å²) >= 11 is 7.26. The zero-order chi connectivity index (χ0) is 23.9. The molecular weight excluding hydrogens is 466 g/mol. The van der Waals surface area contributed by atoms with Crippen LogP contribution in [0.5, 0.6) is 0 Å². The highest BCUT2D eigenvalue weighted by Gasteiger charge is 2.14. The highest BCUT2D eigenvalue weighted by Crippen LogP contribution is 2.20. The quantitative estimate of drug-likeness (QED) is 0.224. The molecule has 1 aromatic heterocycles. The Balaban J connectivity index is 1.51. The van der Waals surface area contributed by atoms with Crippen LogP contribution in [0.3, 0.4) is 0 Å². The molecule has 5 nitrogen and oxygen atoms in total. The molecule has 7 heteroatoms. The van der Waals surface area contributed by atoms with Gasteiger partial charge in [0.2, 0.25) is 5.91 Å². The van der Waals surface area contributed by atoms with E-state index in [1.165, 1.54) is 17.3 Å². The van der Waals surface area contributed by atoms with E-state index in [0.717, 1.165) is 30.5 Å². The van der Waals surface area contributed by atoms with Gasteiger partial charge < -0.3 is 5.32 Å². The van der Waals surface area contributed by atoms with Gasteiger partial charge in [0.25, 0.3) is 5.56 Å². The summed E-state index contributed by atoms with van der Waals surface area (Å²) in [7, 11) is 0. The SMILES string of the molecule is CCCCc1ccc(NC(=O)CSc2nc3ccccc3c(=O)n2Cc2ccc(Cl)cc2)cc1. The molecule has 0 spiro atoms. The number of para-hydroxylation sites is 1. The predicted molar refractivity (Wildman–Crippen MR) is 141 cm³/mol. The van der Waals surface area contributed by atoms with Crippen molar-refractivity contribution in [3.8, 4) is 0 Å². The van der Waals surface area contributed by atoms with Crippen LogP contribution in [-0.2, 0) is 17.8 Å². The molecule has 1 heterocycles. The number of nitrogens with zero attached hydrogens (tertiary/aromatic N) is 2. The molecule has 0 radical (unpaired) electrons. The number of nitrogens with one attached hydrogen (secondary N) is 1. The van der Waals surface area contributed by atoms with Crippen LogP contribution in [0.15, 0.2) is 82.7 Å². The molecule has 0 aliphatic carbocycles. The van der Waals surface area contributed by atoms with Crippen molar-refractivity contribution in [3.05, 3.63) is 99.3 Å². The van der Waals surface area contributed by atoms with E-state index in [2.05, 4.69) is 17.2 Å². The second-order valence-electron chi connectivity index (χ2n) is 8.07. The summed E-state index contributed by atoms with van der Waals surface area (Å²) in [5.41, 5.74) is 3.44. The Hall–Kier alpha value is -3.09. The summed E-state index contributed by atoms with van der Waals surface area (Å²) in [6.45, 7) is 2.52. The number of fused-ring (bicyclic) bond motifs is 1. The van der Waals surface area contributed by atoms with Crippen LogP contribution in [0.4, 0.5) is 5.69 Å². The molecule has 0 atom stereocenters. The summed E-state index contributed by atoms with van der Waals surface area (Å²) in [5, 5.41) is 4.62. The van der Waals surface area contributed by atoms with Gasteiger partial charge in [0.1, 0.15) is 0 Å². The fourth-order valence-corrected chi connectivity index (χ4v) is 4.56. The molecule has 3 aromatic carbocycles. The fourth-order valence-electron chi connectivity index (χ4n) is 3.63. The third kappa shape index (κ3) is 6.07. The number of unbranched alkanes of at least 4 members (excludes halogenated alkanes) is 1. The fraction of sp³-hybridized carbons (Fsp3) is 0.222. The second-order valence-corrected chi connectivity index (χ2v) is 9.45. The van der Waals surface area contributed by atoms with Gasteiger partial charge in [-0.1, -0.05) is 73.1 Å². The molecule has 0 fully saturated rings. The van der Waals surface area contributed by atoms with Crippen LogP contribution >= 0.6 is 23.4 Å². The van der Waals surface area contributed by atoms with E-state index in [1.54, 1.807) is 22.8 Å². The minimum Gasteiger partial charge on any atom is -0.325 e. The average Bonchev–Trinajstić information content (AvgIpc) is 2.85. The second kappa shape index (κ2) is 11.4. The van der Waals surface area contributed by atoms with Gasteiger partial charge in [-0.05, 0) is 60.4 Å². The van der Waals surface area contributed by atoms with E-state index in [-0.39, 0.29) is 17.2 Å². The third-order valence-corrected chi connectivity index (χ3v) is 6.70. The van der Waals surface area contributed by atoms with Crippen molar-refractivity contribution in [1.82, 2.24) is 9.55 Å². The van der Waals surface area contributed by atoms with Crippen molar-refractivity contribution in [2.75, 3.05) is 11.1 Å². The highest BCUT2D eigenvalue weighted by atomic mass is 35.5. The number of benzene rings is 3. The number of aryl methyl sites for hydroxylation is 1. The molecule has 174 valence electrons. The number of carbonyl (C=O) groups is 1. The van der Waals surface area contributed by atoms with Gasteiger partial charge in [-0.3, -0.25) is 14.2 Å². The number of carbonyl (C=O) groups excluding carboxylic acids is 1. The number of hydrogen-bond acceptors (Lipinski definition) is 4. The lowest BCUT2D eigenvalue weighted by molar-refractivity contribution is -0.113. The van der Waals surface area contributed by atoms with Crippen molar-refractivity contribution in [1.29, 1.82) is 0 Å². The van der Waals surface area contributed by atoms with Crippen molar-refractivity contribution in [2.45, 2.75) is 37.9 Å². The number of rotatable bonds is 9. The van der Waals surface area contributed by atoms with E-state index < -0.39 is 0 Å². The van der Waals surface area contributed by atoms with Crippen LogP contribution in [0.1, 0.15) is 30.9 Å². The van der Waals surface area contributed by atoms with Gasteiger partial charge in [0.15, 0.2) is 5.16 Å². The maximum Gasteiger partial charge on any atom is 0.262 e. The lowest BCUT2D eigenvalue weighted by atomic mass is 10.1. The van der Waals surface area contributed by atoms with Gasteiger partial charge in [-0.2, -0.15) is 0 Å². The van der Waals surface area contributed by atoms with Crippen molar-refractivity contribution in [2.24, 2.45) is 0 Å². The Morgan fingerprint density at radius 1 is 1.00 bits per heavy atom. The van der Waals surface area contributed by atoms with E-state index in [1.807, 2.05) is 54.6 Å². The summed E-state index contributed by atoms with van der Waals surface area (Å²) in [6.07, 6.45) is 3.35. The smallest absolute Gasteiger partial charge is 0.262 e. The Morgan fingerprint density at radius 3 is 2.44 bits per heavy atom. The van der Waals surface area contributed by atoms with Crippen LogP contribution in [0, 0.1) is 0 Å². The molecule has 34 heavy (non-hydrogen) atoms. The number of thioether (sulfide) groups is 1. The summed E-state index contributed by atoms with van der Waals surface area (Å²) < 4.78 is 1.62. The average molecular weight is 492 g/mol. The lowest BCUT2D eigenvalue weighted by Gasteiger charge is -2.13. The van der Waals surface area contributed by atoms with E-state index >= 15 is 0 Å². The summed E-state index contributed by atoms with van der Waals surface area (Å²) in [6, 6.07) is 22.6. The number of anilines is 1. The summed E-state index contributed by atoms with van der Waals surface area (Å²) in [4.78, 5) is 30.6. The van der Waals surface area contributed by atoms with Crippen molar-refractivity contribution >= 4 is 45.9 Å². The zero-order valence-electron chi connectivity index (χ0n) is 19.0. The maximum atomic E-state index is 13.2. The van der Waals surface area contributed by atoms with Crippen LogP contribution < -0.4 is 10.9 Å². The van der Waals surface area contributed by atoms with Gasteiger partial charge in [0, 0.05) is 10.7 Å². The zero-order valence-corrected chi connectivity index (χ0v) is 20.5. The first-order chi connectivity index (χ1) is 16.5. The van der Waals surface area contributed by atoms with Crippen LogP contribution in [0.25, 0.3) is 10.9 Å². The first kappa shape index (κ1) is 24.0. The monoisotopic (exact) mass is 491 g/mol. The molecule has 4 aromatic rings. The van der Waals surface area contributed by atoms with Crippen LogP contribution in [-0.4, -0.2) is 21.2 Å². The topological polar surface area (TPSA) is 64.0 Å². The Labute approximate surface area is 208 Å². The number of amides is 1. The number of aromatic nitrogens is 2. The van der Waals surface area contributed by atoms with E-state index in [9.17, 15) is 9.59 Å². The van der Waals surface area contributed by atoms with E-state index in [4.69, 9.17) is 11.6 Å². The van der Waals surface area contributed by atoms with Crippen molar-refractivity contribution in [3.63, 3.8) is 0 Å². The van der Waals surface area contributed by atoms with Gasteiger partial charge in [-0.15, -0.1) is 0 Å². The summed E-state index contributed by atoms with van der Waals surface area (Å²) in [5.74, 6) is -0.00467. The van der Waals surface area contributed by atoms with Gasteiger partial charge >= 0.3 is 0 Å². The molecule has 0 saturated heterocycles. The van der Waals surface area contributed by atoms with Crippen molar-refractivity contribution < 1.29 is 4.79 Å². The lowest BCUT2D eigenvalue weighted by Crippen LogP contribution is -2.24. The maximum absolute atomic E-state index is 13.2. The normalized spacial score (nSPS) is 11.0. The third-order valence-electron chi connectivity index (χ3n) is 5.47. The Morgan fingerprint density at radius 2 is 1.71 bits per heavy atom. The molecule has 0 aliphatic heterocycles. The molecule has 1 N–H and O–H groups in total. The van der Waals surface area contributed by atoms with Gasteiger partial charge in [0.05, 0.1) is 23.2 Å². The van der Waals surface area contributed by atoms with Crippen LogP contribution in [0.2, 0.25) is 5.02 Å². The molecule has 0 saturated carbocycles. The first-order valence-corrected chi connectivity index (χ1v) is 12.7. The Bertz CT molecular complexity index is 1340. The molecule has 4 rings (SSSR count). The standard InChI is InChI=1S/C27H26ClN3O2S/c1-2-3-6-19-11-15-22(16-12-19)29-25(32)18-34-27-30-24-8-5-4-7-23(24)26(33)31(27)17-20-9-13-21(28)14-10-20/h4-5,7-16H,2-3,6,17-18H2,1H3,(H,29,32). The number of halogens is 1. The molecular formula is C27H26ClN3O2S. The van der Waals surface area contributed by atoms with E-state index in [0.29, 0.717) is 27.6 Å². The predicted octanol–water partition coefficient (Wildman–Crippen LogP) is 6.17. The molecule has 0 unspecified atom stereocenters. The highest BCUT2D eigenvalue weighted by molar-refractivity contribution is 7.99. The minimum absolute atomic E-state index is 0.133. The number of hydrogen-bond donors (Lipinski definition) is 1. The Kier molecular flexibility index (Phi) is 8.03.